The standard InChI is InChI=1S/C59H100O14/c1-3-5-7-9-11-13-15-17-19-20-21-22-23-24-25-26-27-28-29-30-32-34-36-38-40-42-51(61)71-48(45-68-43-41-39-37-35-33-31-18-16-14-12-10-8-6-4-2)46-69-58-57(67)55(65)53(63)50(73-58)47-70-59-56(66)54(64)52(62)49(44-60)72-59/h5-8,11-14,17-19,21-22,31,48-50,52-60,62-67H,3-4,9-10,15-16,20,23-30,32-47H2,1-2H3/b7-5-,8-6-,13-11-,14-12-,19-17-,22-21-,31-18-. The number of allylic oxidation sites excluding steroid dienone is 14. The van der Waals surface area contributed by atoms with Gasteiger partial charge in [-0.05, 0) is 83.5 Å². The molecule has 2 heterocycles. The Labute approximate surface area is 439 Å². The van der Waals surface area contributed by atoms with Gasteiger partial charge in [0, 0.05) is 13.0 Å². The van der Waals surface area contributed by atoms with Crippen LogP contribution in [0, 0.1) is 0 Å². The van der Waals surface area contributed by atoms with Gasteiger partial charge in [0.1, 0.15) is 54.9 Å². The Hall–Kier alpha value is -2.83. The van der Waals surface area contributed by atoms with Crippen LogP contribution in [0.25, 0.3) is 0 Å². The van der Waals surface area contributed by atoms with E-state index in [0.717, 1.165) is 103 Å². The molecule has 2 rings (SSSR count). The highest BCUT2D eigenvalue weighted by atomic mass is 16.7. The molecule has 0 saturated carbocycles. The first kappa shape index (κ1) is 66.3. The Morgan fingerprint density at radius 1 is 0.452 bits per heavy atom. The fourth-order valence-electron chi connectivity index (χ4n) is 8.41. The molecule has 0 bridgehead atoms. The molecule has 2 saturated heterocycles. The molecule has 0 aromatic rings. The fourth-order valence-corrected chi connectivity index (χ4v) is 8.41. The van der Waals surface area contributed by atoms with Crippen molar-refractivity contribution in [3.05, 3.63) is 85.1 Å². The normalized spacial score (nSPS) is 25.6. The van der Waals surface area contributed by atoms with Gasteiger partial charge in [-0.3, -0.25) is 4.79 Å². The van der Waals surface area contributed by atoms with E-state index in [2.05, 4.69) is 98.9 Å². The summed E-state index contributed by atoms with van der Waals surface area (Å²) < 4.78 is 34.3. The van der Waals surface area contributed by atoms with Gasteiger partial charge in [-0.15, -0.1) is 0 Å². The molecular weight excluding hydrogens is 933 g/mol. The average molecular weight is 1030 g/mol. The predicted octanol–water partition coefficient (Wildman–Crippen LogP) is 9.63. The van der Waals surface area contributed by atoms with E-state index < -0.39 is 80.7 Å². The van der Waals surface area contributed by atoms with Crippen LogP contribution in [-0.2, 0) is 33.2 Å². The maximum absolute atomic E-state index is 13.1. The first-order chi connectivity index (χ1) is 35.6. The summed E-state index contributed by atoms with van der Waals surface area (Å²) in [5.41, 5.74) is 0. The third-order valence-corrected chi connectivity index (χ3v) is 12.9. The minimum Gasteiger partial charge on any atom is -0.457 e. The van der Waals surface area contributed by atoms with Crippen LogP contribution in [0.5, 0.6) is 0 Å². The molecule has 11 unspecified atom stereocenters. The highest BCUT2D eigenvalue weighted by molar-refractivity contribution is 5.69. The molecule has 73 heavy (non-hydrogen) atoms. The van der Waals surface area contributed by atoms with E-state index in [1.165, 1.54) is 51.4 Å². The summed E-state index contributed by atoms with van der Waals surface area (Å²) in [7, 11) is 0. The summed E-state index contributed by atoms with van der Waals surface area (Å²) in [6, 6.07) is 0. The Morgan fingerprint density at radius 3 is 1.33 bits per heavy atom. The molecule has 2 aliphatic heterocycles. The third kappa shape index (κ3) is 32.4. The van der Waals surface area contributed by atoms with E-state index in [1.807, 2.05) is 0 Å². The lowest BCUT2D eigenvalue weighted by atomic mass is 9.98. The lowest BCUT2D eigenvalue weighted by Crippen LogP contribution is -2.61. The summed E-state index contributed by atoms with van der Waals surface area (Å²) >= 11 is 0. The lowest BCUT2D eigenvalue weighted by Gasteiger charge is -2.42. The molecule has 0 radical (unpaired) electrons. The second-order valence-electron chi connectivity index (χ2n) is 19.3. The van der Waals surface area contributed by atoms with Crippen LogP contribution in [0.4, 0.5) is 0 Å². The predicted molar refractivity (Wildman–Crippen MR) is 288 cm³/mol. The summed E-state index contributed by atoms with van der Waals surface area (Å²) in [6.07, 6.45) is 42.2. The van der Waals surface area contributed by atoms with Crippen molar-refractivity contribution in [2.24, 2.45) is 0 Å². The van der Waals surface area contributed by atoms with Gasteiger partial charge in [0.2, 0.25) is 0 Å². The van der Waals surface area contributed by atoms with E-state index in [1.54, 1.807) is 0 Å². The highest BCUT2D eigenvalue weighted by Gasteiger charge is 2.47. The van der Waals surface area contributed by atoms with Crippen molar-refractivity contribution in [2.45, 2.75) is 248 Å². The van der Waals surface area contributed by atoms with E-state index in [-0.39, 0.29) is 25.6 Å². The Balaban J connectivity index is 1.70. The third-order valence-electron chi connectivity index (χ3n) is 12.9. The van der Waals surface area contributed by atoms with Gasteiger partial charge in [0.15, 0.2) is 12.6 Å². The van der Waals surface area contributed by atoms with E-state index in [9.17, 15) is 40.5 Å². The molecule has 0 amide bonds. The van der Waals surface area contributed by atoms with Crippen molar-refractivity contribution in [1.29, 1.82) is 0 Å². The number of esters is 1. The summed E-state index contributed by atoms with van der Waals surface area (Å²) in [6.45, 7) is 3.40. The number of aliphatic hydroxyl groups excluding tert-OH is 7. The minimum atomic E-state index is -1.72. The number of rotatable bonds is 44. The van der Waals surface area contributed by atoms with Gasteiger partial charge < -0.3 is 64.2 Å². The van der Waals surface area contributed by atoms with Crippen LogP contribution in [0.15, 0.2) is 85.1 Å². The molecule has 0 aromatic heterocycles. The summed E-state index contributed by atoms with van der Waals surface area (Å²) in [5, 5.41) is 72.3. The average Bonchev–Trinajstić information content (AvgIpc) is 3.39. The minimum absolute atomic E-state index is 0.0416. The SMILES string of the molecule is CC/C=C\C/C=C\C/C=C\C/C=C\CCCCCCCCCCCCCCC(=O)OC(COCCCCCC/C=C\C/C=C\C/C=C\CC)COC1OC(COC2OC(CO)C(O)C(O)C2O)C(O)C(O)C1O. The zero-order valence-electron chi connectivity index (χ0n) is 44.8. The van der Waals surface area contributed by atoms with Crippen molar-refractivity contribution in [1.82, 2.24) is 0 Å². The Morgan fingerprint density at radius 2 is 0.849 bits per heavy atom. The largest absolute Gasteiger partial charge is 0.457 e. The molecule has 2 fully saturated rings. The first-order valence-corrected chi connectivity index (χ1v) is 28.2. The molecule has 2 aliphatic rings. The van der Waals surface area contributed by atoms with Gasteiger partial charge >= 0.3 is 5.97 Å². The Kier molecular flexibility index (Phi) is 41.2. The quantitative estimate of drug-likeness (QED) is 0.0172. The van der Waals surface area contributed by atoms with Crippen molar-refractivity contribution in [2.75, 3.05) is 33.0 Å². The maximum Gasteiger partial charge on any atom is 0.306 e. The topological polar surface area (TPSA) is 214 Å². The molecule has 0 aliphatic carbocycles. The summed E-state index contributed by atoms with van der Waals surface area (Å²) in [4.78, 5) is 13.1. The first-order valence-electron chi connectivity index (χ1n) is 28.2. The molecule has 0 spiro atoms. The lowest BCUT2D eigenvalue weighted by molar-refractivity contribution is -0.332. The number of carbonyl (C=O) groups excluding carboxylic acids is 1. The molecule has 14 heteroatoms. The molecular formula is C59H100O14. The molecule has 11 atom stereocenters. The van der Waals surface area contributed by atoms with Gasteiger partial charge in [-0.2, -0.15) is 0 Å². The van der Waals surface area contributed by atoms with Crippen molar-refractivity contribution >= 4 is 5.97 Å². The number of hydrogen-bond donors (Lipinski definition) is 7. The molecule has 420 valence electrons. The van der Waals surface area contributed by atoms with Gasteiger partial charge in [-0.25, -0.2) is 0 Å². The zero-order chi connectivity index (χ0) is 53.0. The van der Waals surface area contributed by atoms with Crippen LogP contribution < -0.4 is 0 Å². The zero-order valence-corrected chi connectivity index (χ0v) is 44.8. The number of carbonyl (C=O) groups is 1. The van der Waals surface area contributed by atoms with Gasteiger partial charge in [0.05, 0.1) is 26.4 Å². The number of ether oxygens (including phenoxy) is 6. The second kappa shape index (κ2) is 45.4. The number of aliphatic hydroxyl groups is 7. The van der Waals surface area contributed by atoms with Gasteiger partial charge in [0.25, 0.3) is 0 Å². The van der Waals surface area contributed by atoms with Crippen molar-refractivity contribution in [3.8, 4) is 0 Å². The molecule has 14 nitrogen and oxygen atoms in total. The number of hydrogen-bond acceptors (Lipinski definition) is 14. The van der Waals surface area contributed by atoms with Crippen molar-refractivity contribution in [3.63, 3.8) is 0 Å². The van der Waals surface area contributed by atoms with E-state index in [0.29, 0.717) is 13.0 Å². The van der Waals surface area contributed by atoms with Crippen LogP contribution in [-0.4, -0.2) is 142 Å². The monoisotopic (exact) mass is 1030 g/mol. The van der Waals surface area contributed by atoms with E-state index in [4.69, 9.17) is 28.4 Å². The fraction of sp³-hybridized carbons (Fsp3) is 0.746. The van der Waals surface area contributed by atoms with Crippen LogP contribution in [0.1, 0.15) is 181 Å². The smallest absolute Gasteiger partial charge is 0.306 e. The maximum atomic E-state index is 13.1. The Bertz CT molecular complexity index is 1530. The van der Waals surface area contributed by atoms with Crippen LogP contribution in [0.3, 0.4) is 0 Å². The number of unbranched alkanes of at least 4 members (excludes halogenated alkanes) is 16. The second-order valence-corrected chi connectivity index (χ2v) is 19.3. The van der Waals surface area contributed by atoms with Crippen molar-refractivity contribution < 1.29 is 69.0 Å². The van der Waals surface area contributed by atoms with Gasteiger partial charge in [-0.1, -0.05) is 176 Å². The van der Waals surface area contributed by atoms with Crippen LogP contribution >= 0.6 is 0 Å². The van der Waals surface area contributed by atoms with E-state index >= 15 is 0 Å². The summed E-state index contributed by atoms with van der Waals surface area (Å²) in [5.74, 6) is -0.390. The van der Waals surface area contributed by atoms with Crippen LogP contribution in [0.2, 0.25) is 0 Å². The molecule has 7 N–H and O–H groups in total. The highest BCUT2D eigenvalue weighted by Crippen LogP contribution is 2.26. The molecule has 0 aromatic carbocycles.